The molecule has 0 radical (unpaired) electrons. The summed E-state index contributed by atoms with van der Waals surface area (Å²) in [6.45, 7) is 2.00. The quantitative estimate of drug-likeness (QED) is 0.850. The van der Waals surface area contributed by atoms with E-state index < -0.39 is 0 Å². The van der Waals surface area contributed by atoms with Crippen LogP contribution in [0.4, 0.5) is 0 Å². The van der Waals surface area contributed by atoms with Crippen LogP contribution in [0.2, 0.25) is 5.02 Å². The van der Waals surface area contributed by atoms with Gasteiger partial charge in [-0.1, -0.05) is 35.5 Å². The Balaban J connectivity index is 2.19. The van der Waals surface area contributed by atoms with Gasteiger partial charge in [0, 0.05) is 12.2 Å². The Bertz CT molecular complexity index is 543. The molecular weight excluding hydrogens is 292 g/mol. The average molecular weight is 309 g/mol. The molecule has 0 saturated heterocycles. The summed E-state index contributed by atoms with van der Waals surface area (Å²) < 4.78 is 5.18. The van der Waals surface area contributed by atoms with E-state index in [0.717, 1.165) is 16.3 Å². The van der Waals surface area contributed by atoms with E-state index >= 15 is 0 Å². The fraction of sp³-hybridized carbons (Fsp3) is 0.267. The molecule has 0 aliphatic carbocycles. The van der Waals surface area contributed by atoms with Gasteiger partial charge in [-0.05, 0) is 36.8 Å². The Morgan fingerprint density at radius 2 is 1.90 bits per heavy atom. The van der Waals surface area contributed by atoms with E-state index in [1.54, 1.807) is 25.1 Å². The van der Waals surface area contributed by atoms with Crippen LogP contribution in [0, 0.1) is 0 Å². The molecule has 0 amide bonds. The third kappa shape index (κ3) is 3.88. The maximum absolute atomic E-state index is 6.11. The molecule has 2 aromatic rings. The van der Waals surface area contributed by atoms with Crippen LogP contribution in [0.15, 0.2) is 47.6 Å². The molecule has 0 saturated carbocycles. The minimum atomic E-state index is 0.00544. The van der Waals surface area contributed by atoms with Crippen molar-refractivity contribution in [2.75, 3.05) is 7.11 Å². The molecule has 2 rings (SSSR count). The van der Waals surface area contributed by atoms with Gasteiger partial charge in [-0.2, -0.15) is 0 Å². The van der Waals surface area contributed by atoms with E-state index in [2.05, 4.69) is 4.98 Å². The summed E-state index contributed by atoms with van der Waals surface area (Å²) >= 11 is 7.49. The van der Waals surface area contributed by atoms with Crippen LogP contribution < -0.4 is 10.5 Å². The van der Waals surface area contributed by atoms with Crippen LogP contribution >= 0.6 is 23.4 Å². The van der Waals surface area contributed by atoms with Crippen molar-refractivity contribution in [3.63, 3.8) is 0 Å². The van der Waals surface area contributed by atoms with Gasteiger partial charge in [-0.25, -0.2) is 4.98 Å². The molecule has 0 fully saturated rings. The lowest BCUT2D eigenvalue weighted by molar-refractivity contribution is 0.414. The first-order chi connectivity index (χ1) is 9.60. The molecule has 2 unspecified atom stereocenters. The predicted molar refractivity (Wildman–Crippen MR) is 84.5 cm³/mol. The van der Waals surface area contributed by atoms with Crippen molar-refractivity contribution < 1.29 is 4.74 Å². The highest BCUT2D eigenvalue weighted by Gasteiger charge is 2.18. The van der Waals surface area contributed by atoms with E-state index in [-0.39, 0.29) is 11.3 Å². The van der Waals surface area contributed by atoms with Gasteiger partial charge in [-0.3, -0.25) is 0 Å². The minimum absolute atomic E-state index is 0.00544. The molecule has 5 heteroatoms. The molecule has 0 spiro atoms. The first kappa shape index (κ1) is 15.2. The van der Waals surface area contributed by atoms with Crippen molar-refractivity contribution >= 4 is 23.4 Å². The van der Waals surface area contributed by atoms with E-state index in [4.69, 9.17) is 22.1 Å². The van der Waals surface area contributed by atoms with Crippen molar-refractivity contribution in [1.82, 2.24) is 4.98 Å². The average Bonchev–Trinajstić information content (AvgIpc) is 2.46. The van der Waals surface area contributed by atoms with Gasteiger partial charge in [-0.15, -0.1) is 0 Å². The van der Waals surface area contributed by atoms with Crippen molar-refractivity contribution in [2.24, 2.45) is 5.73 Å². The standard InChI is InChI=1S/C15H17ClN2OS/c1-10(17)15(11-3-6-13(19-2)7-4-11)20-14-8-5-12(16)9-18-14/h3-10,15H,17H2,1-2H3. The Morgan fingerprint density at radius 1 is 1.20 bits per heavy atom. The molecule has 1 heterocycles. The second-order valence-corrected chi connectivity index (χ2v) is 6.08. The van der Waals surface area contributed by atoms with Crippen LogP contribution in [-0.4, -0.2) is 18.1 Å². The van der Waals surface area contributed by atoms with E-state index in [0.29, 0.717) is 5.02 Å². The molecule has 106 valence electrons. The highest BCUT2D eigenvalue weighted by atomic mass is 35.5. The molecule has 0 bridgehead atoms. The molecule has 3 nitrogen and oxygen atoms in total. The number of aromatic nitrogens is 1. The maximum Gasteiger partial charge on any atom is 0.118 e. The van der Waals surface area contributed by atoms with Crippen LogP contribution in [0.5, 0.6) is 5.75 Å². The highest BCUT2D eigenvalue weighted by molar-refractivity contribution is 7.99. The summed E-state index contributed by atoms with van der Waals surface area (Å²) in [5, 5.41) is 1.68. The predicted octanol–water partition coefficient (Wildman–Crippen LogP) is 3.92. The van der Waals surface area contributed by atoms with Crippen LogP contribution in [0.1, 0.15) is 17.7 Å². The molecule has 1 aromatic carbocycles. The van der Waals surface area contributed by atoms with Crippen molar-refractivity contribution in [2.45, 2.75) is 23.2 Å². The van der Waals surface area contributed by atoms with E-state index in [1.165, 1.54) is 0 Å². The Morgan fingerprint density at radius 3 is 2.40 bits per heavy atom. The first-order valence-corrected chi connectivity index (χ1v) is 7.53. The van der Waals surface area contributed by atoms with Gasteiger partial charge < -0.3 is 10.5 Å². The van der Waals surface area contributed by atoms with Gasteiger partial charge in [0.15, 0.2) is 0 Å². The number of hydrogen-bond acceptors (Lipinski definition) is 4. The van der Waals surface area contributed by atoms with Gasteiger partial charge >= 0.3 is 0 Å². The highest BCUT2D eigenvalue weighted by Crippen LogP contribution is 2.36. The van der Waals surface area contributed by atoms with Gasteiger partial charge in [0.25, 0.3) is 0 Å². The Labute approximate surface area is 128 Å². The number of nitrogens with two attached hydrogens (primary N) is 1. The third-order valence-electron chi connectivity index (χ3n) is 2.87. The number of halogens is 1. The number of thioether (sulfide) groups is 1. The number of nitrogens with zero attached hydrogens (tertiary/aromatic N) is 1. The topological polar surface area (TPSA) is 48.1 Å². The summed E-state index contributed by atoms with van der Waals surface area (Å²) in [5.74, 6) is 0.840. The lowest BCUT2D eigenvalue weighted by Gasteiger charge is -2.20. The molecule has 2 N–H and O–H groups in total. The smallest absolute Gasteiger partial charge is 0.118 e. The summed E-state index contributed by atoms with van der Waals surface area (Å²) in [4.78, 5) is 4.31. The zero-order chi connectivity index (χ0) is 14.5. The third-order valence-corrected chi connectivity index (χ3v) is 4.53. The summed E-state index contributed by atoms with van der Waals surface area (Å²) in [6, 6.07) is 11.7. The minimum Gasteiger partial charge on any atom is -0.497 e. The van der Waals surface area contributed by atoms with Gasteiger partial charge in [0.1, 0.15) is 5.75 Å². The molecule has 0 aliphatic heterocycles. The second kappa shape index (κ2) is 6.97. The fourth-order valence-electron chi connectivity index (χ4n) is 1.83. The van der Waals surface area contributed by atoms with Gasteiger partial charge in [0.2, 0.25) is 0 Å². The lowest BCUT2D eigenvalue weighted by atomic mass is 10.1. The molecule has 1 aromatic heterocycles. The van der Waals surface area contributed by atoms with Crippen LogP contribution in [-0.2, 0) is 0 Å². The molecular formula is C15H17ClN2OS. The normalized spacial score (nSPS) is 13.8. The van der Waals surface area contributed by atoms with E-state index in [1.807, 2.05) is 43.3 Å². The number of hydrogen-bond donors (Lipinski definition) is 1. The monoisotopic (exact) mass is 308 g/mol. The molecule has 20 heavy (non-hydrogen) atoms. The van der Waals surface area contributed by atoms with Gasteiger partial charge in [0.05, 0.1) is 22.4 Å². The SMILES string of the molecule is COc1ccc(C(Sc2ccc(Cl)cn2)C(C)N)cc1. The zero-order valence-electron chi connectivity index (χ0n) is 11.4. The zero-order valence-corrected chi connectivity index (χ0v) is 13.0. The number of ether oxygens (including phenoxy) is 1. The number of rotatable bonds is 5. The summed E-state index contributed by atoms with van der Waals surface area (Å²) in [5.41, 5.74) is 7.27. The number of pyridine rings is 1. The Kier molecular flexibility index (Phi) is 5.29. The number of benzene rings is 1. The van der Waals surface area contributed by atoms with Crippen molar-refractivity contribution in [3.8, 4) is 5.75 Å². The van der Waals surface area contributed by atoms with Crippen molar-refractivity contribution in [1.29, 1.82) is 0 Å². The molecule has 2 atom stereocenters. The second-order valence-electron chi connectivity index (χ2n) is 4.49. The van der Waals surface area contributed by atoms with E-state index in [9.17, 15) is 0 Å². The molecule has 0 aliphatic rings. The van der Waals surface area contributed by atoms with Crippen LogP contribution in [0.3, 0.4) is 0 Å². The Hall–Kier alpha value is -1.23. The summed E-state index contributed by atoms with van der Waals surface area (Å²) in [7, 11) is 1.66. The maximum atomic E-state index is 6.11. The number of methoxy groups -OCH3 is 1. The largest absolute Gasteiger partial charge is 0.497 e. The van der Waals surface area contributed by atoms with Crippen molar-refractivity contribution in [3.05, 3.63) is 53.2 Å². The summed E-state index contributed by atoms with van der Waals surface area (Å²) in [6.07, 6.45) is 1.65. The van der Waals surface area contributed by atoms with Crippen LogP contribution in [0.25, 0.3) is 0 Å². The fourth-order valence-corrected chi connectivity index (χ4v) is 2.97. The first-order valence-electron chi connectivity index (χ1n) is 6.28. The lowest BCUT2D eigenvalue weighted by Crippen LogP contribution is -2.22.